The van der Waals surface area contributed by atoms with Gasteiger partial charge in [0, 0.05) is 0 Å². The number of alkyl halides is 6. The Labute approximate surface area is 231 Å². The molecule has 0 heterocycles. The zero-order valence-electron chi connectivity index (χ0n) is 20.9. The Morgan fingerprint density at radius 3 is 1.54 bits per heavy atom. The van der Waals surface area contributed by atoms with Crippen LogP contribution in [0.4, 0.5) is 37.7 Å². The maximum atomic E-state index is 13.2. The third-order valence-electron chi connectivity index (χ3n) is 5.91. The fourth-order valence-electron chi connectivity index (χ4n) is 3.87. The van der Waals surface area contributed by atoms with E-state index in [-0.39, 0.29) is 11.4 Å². The zero-order valence-corrected chi connectivity index (χ0v) is 22.5. The zero-order chi connectivity index (χ0) is 30.2. The van der Waals surface area contributed by atoms with Crippen LogP contribution in [-0.2, 0) is 32.4 Å². The van der Waals surface area contributed by atoms with Gasteiger partial charge in [0.1, 0.15) is 0 Å². The van der Waals surface area contributed by atoms with Gasteiger partial charge in [0.05, 0.1) is 32.3 Å². The summed E-state index contributed by atoms with van der Waals surface area (Å²) in [5.41, 5.74) is -1.36. The molecule has 2 N–H and O–H groups in total. The van der Waals surface area contributed by atoms with E-state index >= 15 is 0 Å². The predicted molar refractivity (Wildman–Crippen MR) is 141 cm³/mol. The van der Waals surface area contributed by atoms with Crippen molar-refractivity contribution in [3.63, 3.8) is 0 Å². The summed E-state index contributed by atoms with van der Waals surface area (Å²) in [5, 5.41) is 0. The summed E-state index contributed by atoms with van der Waals surface area (Å²) >= 11 is 0. The second kappa shape index (κ2) is 10.7. The fourth-order valence-corrected chi connectivity index (χ4v) is 6.11. The molecule has 0 aliphatic carbocycles. The van der Waals surface area contributed by atoms with E-state index in [4.69, 9.17) is 0 Å². The molecule has 0 radical (unpaired) electrons. The predicted octanol–water partition coefficient (Wildman–Crippen LogP) is 7.30. The Balaban J connectivity index is 1.81. The van der Waals surface area contributed by atoms with Crippen LogP contribution in [0.15, 0.2) is 101 Å². The molecule has 4 aromatic rings. The van der Waals surface area contributed by atoms with E-state index in [9.17, 15) is 43.2 Å². The molecule has 0 unspecified atom stereocenters. The molecule has 4 aromatic carbocycles. The van der Waals surface area contributed by atoms with Crippen LogP contribution < -0.4 is 9.44 Å². The van der Waals surface area contributed by atoms with E-state index in [1.165, 1.54) is 18.2 Å². The summed E-state index contributed by atoms with van der Waals surface area (Å²) in [5.74, 6) is 0. The second-order valence-corrected chi connectivity index (χ2v) is 12.2. The topological polar surface area (TPSA) is 92.3 Å². The monoisotopic (exact) mass is 614 g/mol. The fraction of sp³-hybridized carbons (Fsp3) is 0.111. The summed E-state index contributed by atoms with van der Waals surface area (Å²) < 4.78 is 136. The van der Waals surface area contributed by atoms with Gasteiger partial charge in [0.15, 0.2) is 0 Å². The third-order valence-corrected chi connectivity index (χ3v) is 8.63. The molecule has 0 saturated heterocycles. The first kappa shape index (κ1) is 29.9. The van der Waals surface area contributed by atoms with Crippen LogP contribution in [0, 0.1) is 6.92 Å². The highest BCUT2D eigenvalue weighted by Gasteiger charge is 2.33. The van der Waals surface area contributed by atoms with Gasteiger partial charge in [-0.15, -0.1) is 0 Å². The van der Waals surface area contributed by atoms with Gasteiger partial charge in [0.2, 0.25) is 0 Å². The molecule has 0 atom stereocenters. The largest absolute Gasteiger partial charge is 0.416 e. The highest BCUT2D eigenvalue weighted by atomic mass is 32.2. The number of nitrogens with one attached hydrogen (secondary N) is 2. The number of anilines is 2. The first-order chi connectivity index (χ1) is 19.0. The van der Waals surface area contributed by atoms with Gasteiger partial charge in [-0.2, -0.15) is 26.3 Å². The lowest BCUT2D eigenvalue weighted by molar-refractivity contribution is -0.138. The molecule has 0 fully saturated rings. The Morgan fingerprint density at radius 2 is 1.05 bits per heavy atom. The quantitative estimate of drug-likeness (QED) is 0.214. The van der Waals surface area contributed by atoms with E-state index in [1.807, 2.05) is 0 Å². The summed E-state index contributed by atoms with van der Waals surface area (Å²) in [4.78, 5) is -1.50. The molecule has 6 nitrogen and oxygen atoms in total. The van der Waals surface area contributed by atoms with E-state index in [0.29, 0.717) is 35.4 Å². The molecule has 4 rings (SSSR count). The van der Waals surface area contributed by atoms with Crippen molar-refractivity contribution in [2.45, 2.75) is 29.1 Å². The lowest BCUT2D eigenvalue weighted by Gasteiger charge is -2.18. The second-order valence-electron chi connectivity index (χ2n) is 8.84. The van der Waals surface area contributed by atoms with Gasteiger partial charge in [-0.1, -0.05) is 42.5 Å². The number of sulfonamides is 2. The smallest absolute Gasteiger partial charge is 0.277 e. The number of hydrogen-bond donors (Lipinski definition) is 2. The molecule has 41 heavy (non-hydrogen) atoms. The van der Waals surface area contributed by atoms with E-state index < -0.39 is 53.3 Å². The molecule has 0 bridgehead atoms. The Bertz CT molecular complexity index is 1820. The van der Waals surface area contributed by atoms with Gasteiger partial charge in [-0.25, -0.2) is 16.8 Å². The standard InChI is InChI=1S/C27H20F6N2O4S2/c1-17-6-2-3-11-23(17)18-12-13-24(34-40(36,37)21-9-4-7-19(15-21)26(28,29)30)25(14-18)35-41(38,39)22-10-5-8-20(16-22)27(31,32)33/h2-16,34-35H,1H3. The Kier molecular flexibility index (Phi) is 7.84. The highest BCUT2D eigenvalue weighted by Crippen LogP contribution is 2.36. The van der Waals surface area contributed by atoms with Crippen molar-refractivity contribution in [2.24, 2.45) is 0 Å². The number of hydrogen-bond acceptors (Lipinski definition) is 4. The Hall–Kier alpha value is -4.04. The lowest BCUT2D eigenvalue weighted by atomic mass is 10.00. The van der Waals surface area contributed by atoms with Gasteiger partial charge in [0.25, 0.3) is 20.0 Å². The minimum Gasteiger partial charge on any atom is -0.277 e. The van der Waals surface area contributed by atoms with Crippen molar-refractivity contribution in [1.82, 2.24) is 0 Å². The molecule has 0 amide bonds. The summed E-state index contributed by atoms with van der Waals surface area (Å²) in [6, 6.07) is 16.7. The average molecular weight is 615 g/mol. The minimum atomic E-state index is -4.83. The highest BCUT2D eigenvalue weighted by molar-refractivity contribution is 7.93. The van der Waals surface area contributed by atoms with Crippen LogP contribution in [0.25, 0.3) is 11.1 Å². The van der Waals surface area contributed by atoms with Crippen molar-refractivity contribution in [3.05, 3.63) is 108 Å². The SMILES string of the molecule is Cc1ccccc1-c1ccc(NS(=O)(=O)c2cccc(C(F)(F)F)c2)c(NS(=O)(=O)c2cccc(C(F)(F)F)c2)c1. The van der Waals surface area contributed by atoms with Crippen molar-refractivity contribution in [1.29, 1.82) is 0 Å². The first-order valence-corrected chi connectivity index (χ1v) is 14.5. The van der Waals surface area contributed by atoms with Crippen LogP contribution in [0.5, 0.6) is 0 Å². The van der Waals surface area contributed by atoms with E-state index in [2.05, 4.69) is 9.44 Å². The third kappa shape index (κ3) is 6.82. The van der Waals surface area contributed by atoms with Crippen LogP contribution >= 0.6 is 0 Å². The van der Waals surface area contributed by atoms with Crippen LogP contribution in [-0.4, -0.2) is 16.8 Å². The van der Waals surface area contributed by atoms with Crippen molar-refractivity contribution in [2.75, 3.05) is 9.44 Å². The minimum absolute atomic E-state index is 0.376. The van der Waals surface area contributed by atoms with Gasteiger partial charge in [-0.05, 0) is 72.1 Å². The number of aryl methyl sites for hydroxylation is 1. The molecular weight excluding hydrogens is 594 g/mol. The molecule has 0 aromatic heterocycles. The first-order valence-electron chi connectivity index (χ1n) is 11.6. The lowest BCUT2D eigenvalue weighted by Crippen LogP contribution is -2.18. The number of benzene rings is 4. The molecule has 0 aliphatic heterocycles. The van der Waals surface area contributed by atoms with Gasteiger partial charge >= 0.3 is 12.4 Å². The van der Waals surface area contributed by atoms with Crippen LogP contribution in [0.1, 0.15) is 16.7 Å². The van der Waals surface area contributed by atoms with Crippen LogP contribution in [0.2, 0.25) is 0 Å². The maximum absolute atomic E-state index is 13.2. The molecule has 0 spiro atoms. The summed E-state index contributed by atoms with van der Waals surface area (Å²) in [6.07, 6.45) is -9.66. The van der Waals surface area contributed by atoms with Crippen molar-refractivity contribution in [3.8, 4) is 11.1 Å². The molecule has 216 valence electrons. The summed E-state index contributed by atoms with van der Waals surface area (Å²) in [6.45, 7) is 1.77. The van der Waals surface area contributed by atoms with Crippen LogP contribution in [0.3, 0.4) is 0 Å². The molecule has 0 aliphatic rings. The van der Waals surface area contributed by atoms with Gasteiger partial charge < -0.3 is 0 Å². The van der Waals surface area contributed by atoms with E-state index in [0.717, 1.165) is 29.8 Å². The van der Waals surface area contributed by atoms with Crippen molar-refractivity contribution >= 4 is 31.4 Å². The average Bonchev–Trinajstić information content (AvgIpc) is 2.89. The number of rotatable bonds is 7. The normalized spacial score (nSPS) is 12.7. The maximum Gasteiger partial charge on any atom is 0.416 e. The molecular formula is C27H20F6N2O4S2. The molecule has 0 saturated carbocycles. The van der Waals surface area contributed by atoms with Gasteiger partial charge in [-0.3, -0.25) is 9.44 Å². The summed E-state index contributed by atoms with van der Waals surface area (Å²) in [7, 11) is -9.39. The molecule has 14 heteroatoms. The Morgan fingerprint density at radius 1 is 0.561 bits per heavy atom. The van der Waals surface area contributed by atoms with E-state index in [1.54, 1.807) is 31.2 Å². The van der Waals surface area contributed by atoms with Crippen molar-refractivity contribution < 1.29 is 43.2 Å². The number of halogens is 6.